The van der Waals surface area contributed by atoms with Crippen LogP contribution in [0, 0.1) is 6.92 Å². The number of unbranched alkanes of at least 4 members (excludes halogenated alkanes) is 1. The van der Waals surface area contributed by atoms with Gasteiger partial charge in [0.2, 0.25) is 5.91 Å². The minimum Gasteiger partial charge on any atom is -0.389 e. The molecule has 0 aliphatic carbocycles. The molecule has 2 rings (SSSR count). The lowest BCUT2D eigenvalue weighted by Gasteiger charge is -2.09. The van der Waals surface area contributed by atoms with E-state index < -0.39 is 0 Å². The molecule has 0 aliphatic rings. The number of pyridine rings is 1. The van der Waals surface area contributed by atoms with Gasteiger partial charge in [0.15, 0.2) is 0 Å². The van der Waals surface area contributed by atoms with Crippen LogP contribution in [0.25, 0.3) is 0 Å². The minimum atomic E-state index is -0.0461. The molecular formula is C18H21N3O2S. The first-order valence-electron chi connectivity index (χ1n) is 7.83. The van der Waals surface area contributed by atoms with Crippen molar-refractivity contribution in [1.29, 1.82) is 0 Å². The predicted octanol–water partition coefficient (Wildman–Crippen LogP) is 2.60. The molecule has 0 fully saturated rings. The van der Waals surface area contributed by atoms with Crippen molar-refractivity contribution in [3.05, 3.63) is 64.1 Å². The van der Waals surface area contributed by atoms with Crippen LogP contribution in [0.2, 0.25) is 0 Å². The van der Waals surface area contributed by atoms with Crippen LogP contribution in [0.1, 0.15) is 30.5 Å². The molecule has 1 amide bonds. The summed E-state index contributed by atoms with van der Waals surface area (Å²) in [4.78, 5) is 24.0. The summed E-state index contributed by atoms with van der Waals surface area (Å²) in [7, 11) is 0. The van der Waals surface area contributed by atoms with Gasteiger partial charge >= 0.3 is 0 Å². The van der Waals surface area contributed by atoms with Gasteiger partial charge in [-0.1, -0.05) is 18.3 Å². The number of carbonyl (C=O) groups is 1. The molecule has 1 aromatic heterocycles. The van der Waals surface area contributed by atoms with E-state index in [9.17, 15) is 9.59 Å². The quantitative estimate of drug-likeness (QED) is 0.598. The number of hydrogen-bond acceptors (Lipinski definition) is 3. The zero-order valence-electron chi connectivity index (χ0n) is 13.6. The molecule has 6 heteroatoms. The Morgan fingerprint density at radius 3 is 2.50 bits per heavy atom. The van der Waals surface area contributed by atoms with Crippen molar-refractivity contribution in [2.75, 3.05) is 5.32 Å². The molecular weight excluding hydrogens is 322 g/mol. The topological polar surface area (TPSA) is 77.1 Å². The summed E-state index contributed by atoms with van der Waals surface area (Å²) < 4.78 is 1.73. The van der Waals surface area contributed by atoms with Gasteiger partial charge in [0.05, 0.1) is 0 Å². The van der Waals surface area contributed by atoms with Gasteiger partial charge in [0, 0.05) is 36.0 Å². The Bertz CT molecular complexity index is 782. The maximum Gasteiger partial charge on any atom is 0.250 e. The summed E-state index contributed by atoms with van der Waals surface area (Å²) in [5.41, 5.74) is 7.96. The number of anilines is 1. The highest BCUT2D eigenvalue weighted by Crippen LogP contribution is 2.11. The number of hydrogen-bond donors (Lipinski definition) is 2. The number of amides is 1. The molecule has 126 valence electrons. The molecule has 24 heavy (non-hydrogen) atoms. The Hall–Kier alpha value is -2.47. The van der Waals surface area contributed by atoms with E-state index in [0.717, 1.165) is 29.8 Å². The molecule has 0 saturated heterocycles. The molecule has 0 radical (unpaired) electrons. The Kier molecular flexibility index (Phi) is 6.26. The van der Waals surface area contributed by atoms with Gasteiger partial charge in [-0.15, -0.1) is 0 Å². The third-order valence-electron chi connectivity index (χ3n) is 3.76. The van der Waals surface area contributed by atoms with Crippen LogP contribution in [0.4, 0.5) is 5.69 Å². The van der Waals surface area contributed by atoms with Crippen molar-refractivity contribution in [1.82, 2.24) is 4.57 Å². The maximum atomic E-state index is 11.9. The van der Waals surface area contributed by atoms with Crippen molar-refractivity contribution in [2.24, 2.45) is 5.73 Å². The standard InChI is InChI=1S/C18H21N3O2S/c1-13-5-4-7-17(23)21(13)12-3-2-6-16(22)20-15-10-8-14(9-11-15)18(19)24/h4-5,7-11H,2-3,6,12H2,1H3,(H2,19,24)(H,20,22). The second kappa shape index (κ2) is 8.40. The van der Waals surface area contributed by atoms with E-state index in [0.29, 0.717) is 18.0 Å². The van der Waals surface area contributed by atoms with Crippen LogP contribution in [-0.2, 0) is 11.3 Å². The van der Waals surface area contributed by atoms with E-state index in [2.05, 4.69) is 5.32 Å². The molecule has 0 bridgehead atoms. The fourth-order valence-corrected chi connectivity index (χ4v) is 2.54. The number of thiocarbonyl (C=S) groups is 1. The van der Waals surface area contributed by atoms with E-state index in [1.165, 1.54) is 0 Å². The molecule has 2 aromatic rings. The summed E-state index contributed by atoms with van der Waals surface area (Å²) in [6.45, 7) is 2.53. The van der Waals surface area contributed by atoms with Crippen LogP contribution in [0.5, 0.6) is 0 Å². The summed E-state index contributed by atoms with van der Waals surface area (Å²) in [6.07, 6.45) is 1.91. The number of benzene rings is 1. The summed E-state index contributed by atoms with van der Waals surface area (Å²) in [5.74, 6) is -0.0461. The van der Waals surface area contributed by atoms with Crippen LogP contribution >= 0.6 is 12.2 Å². The van der Waals surface area contributed by atoms with E-state index >= 15 is 0 Å². The van der Waals surface area contributed by atoms with Crippen molar-refractivity contribution >= 4 is 28.8 Å². The molecule has 0 aliphatic heterocycles. The molecule has 5 nitrogen and oxygen atoms in total. The van der Waals surface area contributed by atoms with Crippen LogP contribution in [-0.4, -0.2) is 15.5 Å². The van der Waals surface area contributed by atoms with Gasteiger partial charge in [0.1, 0.15) is 4.99 Å². The molecule has 0 atom stereocenters. The van der Waals surface area contributed by atoms with Gasteiger partial charge in [-0.05, 0) is 50.1 Å². The highest BCUT2D eigenvalue weighted by molar-refractivity contribution is 7.80. The number of aryl methyl sites for hydroxylation is 1. The van der Waals surface area contributed by atoms with E-state index in [4.69, 9.17) is 18.0 Å². The first kappa shape index (κ1) is 17.9. The van der Waals surface area contributed by atoms with Crippen molar-refractivity contribution in [3.8, 4) is 0 Å². The lowest BCUT2D eigenvalue weighted by molar-refractivity contribution is -0.116. The van der Waals surface area contributed by atoms with Crippen LogP contribution < -0.4 is 16.6 Å². The fourth-order valence-electron chi connectivity index (χ4n) is 2.41. The van der Waals surface area contributed by atoms with Crippen LogP contribution in [0.3, 0.4) is 0 Å². The first-order chi connectivity index (χ1) is 11.5. The van der Waals surface area contributed by atoms with Gasteiger partial charge in [-0.25, -0.2) is 0 Å². The van der Waals surface area contributed by atoms with Crippen molar-refractivity contribution in [2.45, 2.75) is 32.7 Å². The first-order valence-corrected chi connectivity index (χ1v) is 8.24. The van der Waals surface area contributed by atoms with Gasteiger partial charge in [-0.2, -0.15) is 0 Å². The predicted molar refractivity (Wildman–Crippen MR) is 100 cm³/mol. The lowest BCUT2D eigenvalue weighted by atomic mass is 10.2. The second-order valence-corrected chi connectivity index (χ2v) is 6.04. The highest BCUT2D eigenvalue weighted by Gasteiger charge is 2.04. The SMILES string of the molecule is Cc1cccc(=O)n1CCCCC(=O)Nc1ccc(C(N)=S)cc1. The minimum absolute atomic E-state index is 0.00244. The monoisotopic (exact) mass is 343 g/mol. The third-order valence-corrected chi connectivity index (χ3v) is 3.99. The summed E-state index contributed by atoms with van der Waals surface area (Å²) in [5, 5.41) is 2.84. The maximum absolute atomic E-state index is 11.9. The molecule has 0 spiro atoms. The second-order valence-electron chi connectivity index (χ2n) is 5.60. The van der Waals surface area contributed by atoms with Gasteiger partial charge in [0.25, 0.3) is 5.56 Å². The highest BCUT2D eigenvalue weighted by atomic mass is 32.1. The fraction of sp³-hybridized carbons (Fsp3) is 0.278. The number of nitrogens with zero attached hydrogens (tertiary/aromatic N) is 1. The van der Waals surface area contributed by atoms with Crippen molar-refractivity contribution < 1.29 is 4.79 Å². The Labute approximate surface area is 146 Å². The zero-order chi connectivity index (χ0) is 17.5. The van der Waals surface area contributed by atoms with Crippen molar-refractivity contribution in [3.63, 3.8) is 0 Å². The average molecular weight is 343 g/mol. The van der Waals surface area contributed by atoms with Gasteiger partial charge in [-0.3, -0.25) is 9.59 Å². The molecule has 1 heterocycles. The Morgan fingerprint density at radius 2 is 1.88 bits per heavy atom. The Morgan fingerprint density at radius 1 is 1.17 bits per heavy atom. The van der Waals surface area contributed by atoms with Gasteiger partial charge < -0.3 is 15.6 Å². The summed E-state index contributed by atoms with van der Waals surface area (Å²) in [6, 6.07) is 12.3. The summed E-state index contributed by atoms with van der Waals surface area (Å²) >= 11 is 4.89. The zero-order valence-corrected chi connectivity index (χ0v) is 14.4. The molecule has 0 saturated carbocycles. The van der Waals surface area contributed by atoms with E-state index in [1.54, 1.807) is 41.0 Å². The average Bonchev–Trinajstić information content (AvgIpc) is 2.54. The molecule has 1 aromatic carbocycles. The largest absolute Gasteiger partial charge is 0.389 e. The number of rotatable bonds is 7. The molecule has 0 unspecified atom stereocenters. The number of carbonyl (C=O) groups excluding carboxylic acids is 1. The number of nitrogens with two attached hydrogens (primary N) is 1. The number of nitrogens with one attached hydrogen (secondary N) is 1. The lowest BCUT2D eigenvalue weighted by Crippen LogP contribution is -2.21. The van der Waals surface area contributed by atoms with E-state index in [1.807, 2.05) is 13.0 Å². The van der Waals surface area contributed by atoms with E-state index in [-0.39, 0.29) is 11.5 Å². The third kappa shape index (κ3) is 5.03. The normalized spacial score (nSPS) is 10.4. The molecule has 3 N–H and O–H groups in total. The number of aromatic nitrogens is 1. The smallest absolute Gasteiger partial charge is 0.250 e. The Balaban J connectivity index is 1.77. The van der Waals surface area contributed by atoms with Crippen LogP contribution in [0.15, 0.2) is 47.3 Å².